The van der Waals surface area contributed by atoms with Gasteiger partial charge in [-0.15, -0.1) is 0 Å². The Morgan fingerprint density at radius 2 is 1.94 bits per heavy atom. The summed E-state index contributed by atoms with van der Waals surface area (Å²) in [6.45, 7) is 9.15. The standard InChI is InChI=1S/C14H23NO/c1-10(2)13-6-5-11(3)9-14(13)16-8-7-12(4)15/h5-6,9-10,12H,7-8,15H2,1-4H3. The van der Waals surface area contributed by atoms with Crippen molar-refractivity contribution in [3.8, 4) is 5.75 Å². The van der Waals surface area contributed by atoms with E-state index in [1.54, 1.807) is 0 Å². The molecule has 16 heavy (non-hydrogen) atoms. The third kappa shape index (κ3) is 3.86. The maximum Gasteiger partial charge on any atom is 0.123 e. The molecule has 0 bridgehead atoms. The number of aryl methyl sites for hydroxylation is 1. The van der Waals surface area contributed by atoms with Crippen LogP contribution in [0, 0.1) is 6.92 Å². The van der Waals surface area contributed by atoms with Crippen molar-refractivity contribution in [2.24, 2.45) is 5.73 Å². The van der Waals surface area contributed by atoms with Crippen LogP contribution in [-0.2, 0) is 0 Å². The third-order valence-corrected chi connectivity index (χ3v) is 2.62. The normalized spacial score (nSPS) is 12.9. The van der Waals surface area contributed by atoms with E-state index in [0.29, 0.717) is 12.5 Å². The van der Waals surface area contributed by atoms with Crippen molar-refractivity contribution in [3.05, 3.63) is 29.3 Å². The Labute approximate surface area is 98.8 Å². The van der Waals surface area contributed by atoms with Crippen LogP contribution in [0.3, 0.4) is 0 Å². The molecule has 0 aliphatic carbocycles. The van der Waals surface area contributed by atoms with Crippen LogP contribution < -0.4 is 10.5 Å². The van der Waals surface area contributed by atoms with Crippen molar-refractivity contribution in [2.45, 2.75) is 46.1 Å². The second-order valence-corrected chi connectivity index (χ2v) is 4.81. The maximum absolute atomic E-state index is 5.81. The quantitative estimate of drug-likeness (QED) is 0.828. The predicted molar refractivity (Wildman–Crippen MR) is 69.0 cm³/mol. The second kappa shape index (κ2) is 5.90. The van der Waals surface area contributed by atoms with Crippen molar-refractivity contribution < 1.29 is 4.74 Å². The zero-order chi connectivity index (χ0) is 12.1. The van der Waals surface area contributed by atoms with Crippen LogP contribution in [0.4, 0.5) is 0 Å². The van der Waals surface area contributed by atoms with Gasteiger partial charge in [-0.3, -0.25) is 0 Å². The highest BCUT2D eigenvalue weighted by molar-refractivity contribution is 5.39. The fourth-order valence-corrected chi connectivity index (χ4v) is 1.60. The molecule has 0 radical (unpaired) electrons. The second-order valence-electron chi connectivity index (χ2n) is 4.81. The van der Waals surface area contributed by atoms with Gasteiger partial charge < -0.3 is 10.5 Å². The van der Waals surface area contributed by atoms with E-state index in [-0.39, 0.29) is 6.04 Å². The highest BCUT2D eigenvalue weighted by atomic mass is 16.5. The van der Waals surface area contributed by atoms with Crippen LogP contribution >= 0.6 is 0 Å². The SMILES string of the molecule is Cc1ccc(C(C)C)c(OCCC(C)N)c1. The van der Waals surface area contributed by atoms with Crippen molar-refractivity contribution in [1.82, 2.24) is 0 Å². The molecule has 1 atom stereocenters. The van der Waals surface area contributed by atoms with E-state index in [9.17, 15) is 0 Å². The van der Waals surface area contributed by atoms with Crippen LogP contribution in [-0.4, -0.2) is 12.6 Å². The summed E-state index contributed by atoms with van der Waals surface area (Å²) in [6.07, 6.45) is 0.894. The molecule has 1 aromatic carbocycles. The van der Waals surface area contributed by atoms with Gasteiger partial charge in [0.1, 0.15) is 5.75 Å². The van der Waals surface area contributed by atoms with Crippen molar-refractivity contribution in [1.29, 1.82) is 0 Å². The fraction of sp³-hybridized carbons (Fsp3) is 0.571. The van der Waals surface area contributed by atoms with Crippen molar-refractivity contribution in [2.75, 3.05) is 6.61 Å². The molecule has 0 spiro atoms. The van der Waals surface area contributed by atoms with E-state index >= 15 is 0 Å². The molecular weight excluding hydrogens is 198 g/mol. The minimum Gasteiger partial charge on any atom is -0.493 e. The summed E-state index contributed by atoms with van der Waals surface area (Å²) >= 11 is 0. The summed E-state index contributed by atoms with van der Waals surface area (Å²) < 4.78 is 5.81. The first-order valence-electron chi connectivity index (χ1n) is 5.99. The molecule has 2 N–H and O–H groups in total. The van der Waals surface area contributed by atoms with E-state index in [1.165, 1.54) is 11.1 Å². The van der Waals surface area contributed by atoms with E-state index in [1.807, 2.05) is 6.92 Å². The van der Waals surface area contributed by atoms with Gasteiger partial charge in [-0.05, 0) is 43.4 Å². The van der Waals surface area contributed by atoms with Crippen LogP contribution in [0.25, 0.3) is 0 Å². The molecule has 1 aromatic rings. The number of nitrogens with two attached hydrogens (primary N) is 1. The average Bonchev–Trinajstić information content (AvgIpc) is 2.16. The van der Waals surface area contributed by atoms with Crippen LogP contribution in [0.2, 0.25) is 0 Å². The van der Waals surface area contributed by atoms with Crippen molar-refractivity contribution >= 4 is 0 Å². The van der Waals surface area contributed by atoms with Gasteiger partial charge in [-0.1, -0.05) is 26.0 Å². The molecule has 0 saturated carbocycles. The number of hydrogen-bond acceptors (Lipinski definition) is 2. The lowest BCUT2D eigenvalue weighted by molar-refractivity contribution is 0.297. The number of rotatable bonds is 5. The van der Waals surface area contributed by atoms with Gasteiger partial charge in [-0.2, -0.15) is 0 Å². The van der Waals surface area contributed by atoms with E-state index < -0.39 is 0 Å². The van der Waals surface area contributed by atoms with Crippen LogP contribution in [0.15, 0.2) is 18.2 Å². The molecule has 2 nitrogen and oxygen atoms in total. The summed E-state index contributed by atoms with van der Waals surface area (Å²) in [4.78, 5) is 0. The first-order valence-corrected chi connectivity index (χ1v) is 5.99. The lowest BCUT2D eigenvalue weighted by atomic mass is 10.0. The van der Waals surface area contributed by atoms with Crippen molar-refractivity contribution in [3.63, 3.8) is 0 Å². The number of ether oxygens (including phenoxy) is 1. The molecule has 2 heteroatoms. The Kier molecular flexibility index (Phi) is 4.81. The lowest BCUT2D eigenvalue weighted by Gasteiger charge is -2.15. The summed E-state index contributed by atoms with van der Waals surface area (Å²) in [6, 6.07) is 6.60. The molecule has 0 fully saturated rings. The Morgan fingerprint density at radius 1 is 1.25 bits per heavy atom. The Morgan fingerprint density at radius 3 is 2.50 bits per heavy atom. The Hall–Kier alpha value is -1.02. The number of hydrogen-bond donors (Lipinski definition) is 1. The summed E-state index contributed by atoms with van der Waals surface area (Å²) in [5.74, 6) is 1.50. The molecule has 0 amide bonds. The van der Waals surface area contributed by atoms with Crippen LogP contribution in [0.5, 0.6) is 5.75 Å². The average molecular weight is 221 g/mol. The Bertz CT molecular complexity index is 332. The molecule has 0 aliphatic heterocycles. The van der Waals surface area contributed by atoms with Gasteiger partial charge in [0.05, 0.1) is 6.61 Å². The summed E-state index contributed by atoms with van der Waals surface area (Å²) in [7, 11) is 0. The molecule has 1 unspecified atom stereocenters. The minimum atomic E-state index is 0.201. The minimum absolute atomic E-state index is 0.201. The van der Waals surface area contributed by atoms with E-state index in [2.05, 4.69) is 39.0 Å². The monoisotopic (exact) mass is 221 g/mol. The molecule has 0 saturated heterocycles. The first kappa shape index (κ1) is 13.0. The molecule has 0 aromatic heterocycles. The molecule has 0 aliphatic rings. The number of benzene rings is 1. The first-order chi connectivity index (χ1) is 7.50. The molecule has 0 heterocycles. The topological polar surface area (TPSA) is 35.2 Å². The maximum atomic E-state index is 5.81. The lowest BCUT2D eigenvalue weighted by Crippen LogP contribution is -2.18. The smallest absolute Gasteiger partial charge is 0.123 e. The van der Waals surface area contributed by atoms with Gasteiger partial charge >= 0.3 is 0 Å². The zero-order valence-corrected chi connectivity index (χ0v) is 10.8. The Balaban J connectivity index is 2.72. The predicted octanol–water partition coefficient (Wildman–Crippen LogP) is 3.23. The molecule has 1 rings (SSSR count). The van der Waals surface area contributed by atoms with Gasteiger partial charge in [0.2, 0.25) is 0 Å². The van der Waals surface area contributed by atoms with Gasteiger partial charge in [-0.25, -0.2) is 0 Å². The third-order valence-electron chi connectivity index (χ3n) is 2.62. The summed E-state index contributed by atoms with van der Waals surface area (Å²) in [5.41, 5.74) is 8.21. The largest absolute Gasteiger partial charge is 0.493 e. The van der Waals surface area contributed by atoms with Crippen LogP contribution in [0.1, 0.15) is 44.2 Å². The zero-order valence-electron chi connectivity index (χ0n) is 10.8. The van der Waals surface area contributed by atoms with Gasteiger partial charge in [0, 0.05) is 6.04 Å². The highest BCUT2D eigenvalue weighted by Crippen LogP contribution is 2.27. The molecule has 90 valence electrons. The highest BCUT2D eigenvalue weighted by Gasteiger charge is 2.08. The fourth-order valence-electron chi connectivity index (χ4n) is 1.60. The summed E-state index contributed by atoms with van der Waals surface area (Å²) in [5, 5.41) is 0. The molecular formula is C14H23NO. The van der Waals surface area contributed by atoms with Gasteiger partial charge in [0.15, 0.2) is 0 Å². The van der Waals surface area contributed by atoms with Gasteiger partial charge in [0.25, 0.3) is 0 Å². The van der Waals surface area contributed by atoms with E-state index in [0.717, 1.165) is 12.2 Å². The van der Waals surface area contributed by atoms with E-state index in [4.69, 9.17) is 10.5 Å².